The number of benzene rings is 2. The van der Waals surface area contributed by atoms with E-state index in [1.54, 1.807) is 28.7 Å². The Balaban J connectivity index is 1.16. The van der Waals surface area contributed by atoms with Crippen molar-refractivity contribution in [3.8, 4) is 17.0 Å². The van der Waals surface area contributed by atoms with Crippen molar-refractivity contribution in [3.63, 3.8) is 0 Å². The quantitative estimate of drug-likeness (QED) is 0.283. The number of carbonyl (C=O) groups excluding carboxylic acids is 1. The van der Waals surface area contributed by atoms with Gasteiger partial charge in [0, 0.05) is 61.3 Å². The molecule has 6 rings (SSSR count). The molecule has 2 fully saturated rings. The third-order valence-corrected chi connectivity index (χ3v) is 9.08. The van der Waals surface area contributed by atoms with Crippen molar-refractivity contribution in [3.05, 3.63) is 66.1 Å². The Kier molecular flexibility index (Phi) is 8.27. The van der Waals surface area contributed by atoms with E-state index in [2.05, 4.69) is 44.0 Å². The lowest BCUT2D eigenvalue weighted by atomic mass is 10.1. The lowest BCUT2D eigenvalue weighted by molar-refractivity contribution is -0.136. The van der Waals surface area contributed by atoms with Crippen LogP contribution in [-0.2, 0) is 11.2 Å². The molecule has 1 atom stereocenters. The van der Waals surface area contributed by atoms with Gasteiger partial charge < -0.3 is 20.3 Å². The molecule has 42 heavy (non-hydrogen) atoms. The Bertz CT molecular complexity index is 1600. The minimum absolute atomic E-state index is 0.0772. The van der Waals surface area contributed by atoms with Gasteiger partial charge in [-0.3, -0.25) is 9.20 Å². The molecular formula is C30H33F2N7O2S. The number of amides is 1. The van der Waals surface area contributed by atoms with E-state index in [1.807, 2.05) is 11.0 Å². The predicted octanol–water partition coefficient (Wildman–Crippen LogP) is 4.75. The standard InChI is InChI=1S/C30H33F2N7O2S/c1-3-19-16-21(4-7-25(19)42-38-14-12-37(13-15-38)30(40)20-8-9-33-17-20)36-28-29-35-18-23(39(29)11-10-34-28)22-5-6-24(41-2)27(32)26(22)31/h4-7,10-11,16,18,20,33H,3,8-9,12-15,17H2,1-2H3,(H,34,36). The Morgan fingerprint density at radius 2 is 1.98 bits per heavy atom. The summed E-state index contributed by atoms with van der Waals surface area (Å²) in [6.07, 6.45) is 6.54. The summed E-state index contributed by atoms with van der Waals surface area (Å²) in [6.45, 7) is 6.99. The van der Waals surface area contributed by atoms with Gasteiger partial charge in [0.15, 0.2) is 23.0 Å². The number of halogens is 2. The molecule has 0 bridgehead atoms. The highest BCUT2D eigenvalue weighted by molar-refractivity contribution is 7.97. The molecule has 2 N–H and O–H groups in total. The molecule has 2 aromatic heterocycles. The number of hydrogen-bond acceptors (Lipinski definition) is 8. The molecule has 2 aromatic carbocycles. The first kappa shape index (κ1) is 28.4. The van der Waals surface area contributed by atoms with Gasteiger partial charge >= 0.3 is 0 Å². The van der Waals surface area contributed by atoms with Crippen molar-refractivity contribution in [1.29, 1.82) is 0 Å². The molecule has 2 aliphatic heterocycles. The Labute approximate surface area is 247 Å². The summed E-state index contributed by atoms with van der Waals surface area (Å²) in [5.41, 5.74) is 3.00. The zero-order chi connectivity index (χ0) is 29.2. The maximum Gasteiger partial charge on any atom is 0.227 e. The minimum atomic E-state index is -1.04. The van der Waals surface area contributed by atoms with Crippen LogP contribution in [0.15, 0.2) is 53.8 Å². The smallest absolute Gasteiger partial charge is 0.227 e. The number of nitrogens with zero attached hydrogens (tertiary/aromatic N) is 5. The fraction of sp³-hybridized carbons (Fsp3) is 0.367. The molecule has 0 spiro atoms. The number of ether oxygens (including phenoxy) is 1. The number of nitrogens with one attached hydrogen (secondary N) is 2. The first-order chi connectivity index (χ1) is 20.5. The van der Waals surface area contributed by atoms with Crippen LogP contribution in [0.4, 0.5) is 20.3 Å². The fourth-order valence-corrected chi connectivity index (χ4v) is 6.59. The summed E-state index contributed by atoms with van der Waals surface area (Å²) in [7, 11) is 1.30. The molecule has 4 heterocycles. The van der Waals surface area contributed by atoms with Crippen LogP contribution in [0.25, 0.3) is 16.9 Å². The molecule has 4 aromatic rings. The van der Waals surface area contributed by atoms with Crippen LogP contribution in [0.3, 0.4) is 0 Å². The summed E-state index contributed by atoms with van der Waals surface area (Å²) in [6, 6.07) is 9.07. The second-order valence-electron chi connectivity index (χ2n) is 10.4. The van der Waals surface area contributed by atoms with Crippen molar-refractivity contribution in [2.45, 2.75) is 24.7 Å². The second kappa shape index (κ2) is 12.2. The van der Waals surface area contributed by atoms with Crippen LogP contribution in [0, 0.1) is 17.6 Å². The first-order valence-electron chi connectivity index (χ1n) is 14.1. The Hall–Kier alpha value is -3.74. The monoisotopic (exact) mass is 593 g/mol. The summed E-state index contributed by atoms with van der Waals surface area (Å²) in [4.78, 5) is 24.9. The van der Waals surface area contributed by atoms with Crippen molar-refractivity contribution in [2.24, 2.45) is 5.92 Å². The summed E-state index contributed by atoms with van der Waals surface area (Å²) in [5, 5.41) is 6.64. The van der Waals surface area contributed by atoms with E-state index in [1.165, 1.54) is 35.9 Å². The number of aryl methyl sites for hydroxylation is 1. The zero-order valence-electron chi connectivity index (χ0n) is 23.6. The van der Waals surface area contributed by atoms with Gasteiger partial charge in [0.2, 0.25) is 11.7 Å². The van der Waals surface area contributed by atoms with E-state index in [9.17, 15) is 13.6 Å². The number of carbonyl (C=O) groups is 1. The Morgan fingerprint density at radius 1 is 1.14 bits per heavy atom. The van der Waals surface area contributed by atoms with Crippen LogP contribution in [0.5, 0.6) is 5.75 Å². The molecule has 0 radical (unpaired) electrons. The number of piperazine rings is 1. The highest BCUT2D eigenvalue weighted by Crippen LogP contribution is 2.33. The van der Waals surface area contributed by atoms with Gasteiger partial charge in [0.25, 0.3) is 0 Å². The molecule has 1 unspecified atom stereocenters. The lowest BCUT2D eigenvalue weighted by Crippen LogP contribution is -2.48. The maximum atomic E-state index is 14.8. The number of methoxy groups -OCH3 is 1. The topological polar surface area (TPSA) is 87.0 Å². The van der Waals surface area contributed by atoms with Crippen LogP contribution in [-0.4, -0.2) is 75.9 Å². The number of aromatic nitrogens is 3. The third-order valence-electron chi connectivity index (χ3n) is 7.86. The van der Waals surface area contributed by atoms with Crippen molar-refractivity contribution >= 4 is 35.0 Å². The SMILES string of the molecule is CCc1cc(Nc2nccn3c(-c4ccc(OC)c(F)c4F)cnc23)ccc1SN1CCN(C(=O)C2CCNC2)CC1. The predicted molar refractivity (Wildman–Crippen MR) is 159 cm³/mol. The van der Waals surface area contributed by atoms with E-state index in [4.69, 9.17) is 4.74 Å². The van der Waals surface area contributed by atoms with Crippen LogP contribution < -0.4 is 15.4 Å². The van der Waals surface area contributed by atoms with Crippen LogP contribution in [0.2, 0.25) is 0 Å². The third kappa shape index (κ3) is 5.53. The average molecular weight is 594 g/mol. The average Bonchev–Trinajstić information content (AvgIpc) is 3.71. The number of hydrogen-bond donors (Lipinski definition) is 2. The highest BCUT2D eigenvalue weighted by atomic mass is 32.2. The van der Waals surface area contributed by atoms with E-state index in [0.29, 0.717) is 17.2 Å². The zero-order valence-corrected chi connectivity index (χ0v) is 24.4. The van der Waals surface area contributed by atoms with E-state index in [0.717, 1.165) is 57.8 Å². The van der Waals surface area contributed by atoms with E-state index >= 15 is 0 Å². The van der Waals surface area contributed by atoms with E-state index in [-0.39, 0.29) is 23.1 Å². The van der Waals surface area contributed by atoms with Crippen molar-refractivity contribution in [2.75, 3.05) is 51.7 Å². The van der Waals surface area contributed by atoms with Gasteiger partial charge in [-0.15, -0.1) is 0 Å². The van der Waals surface area contributed by atoms with Gasteiger partial charge in [-0.2, -0.15) is 4.39 Å². The maximum absolute atomic E-state index is 14.8. The fourth-order valence-electron chi connectivity index (χ4n) is 5.52. The molecule has 2 saturated heterocycles. The molecule has 220 valence electrons. The molecule has 2 aliphatic rings. The minimum Gasteiger partial charge on any atom is -0.494 e. The number of rotatable bonds is 8. The van der Waals surface area contributed by atoms with Crippen LogP contribution in [0.1, 0.15) is 18.9 Å². The largest absolute Gasteiger partial charge is 0.494 e. The van der Waals surface area contributed by atoms with Crippen molar-refractivity contribution < 1.29 is 18.3 Å². The van der Waals surface area contributed by atoms with Gasteiger partial charge in [0.1, 0.15) is 0 Å². The molecule has 12 heteroatoms. The van der Waals surface area contributed by atoms with Crippen LogP contribution >= 0.6 is 11.9 Å². The normalized spacial score (nSPS) is 17.6. The molecular weight excluding hydrogens is 560 g/mol. The van der Waals surface area contributed by atoms with Gasteiger partial charge in [0.05, 0.1) is 24.9 Å². The number of fused-ring (bicyclic) bond motifs is 1. The first-order valence-corrected chi connectivity index (χ1v) is 14.9. The summed E-state index contributed by atoms with van der Waals surface area (Å²) >= 11 is 1.73. The highest BCUT2D eigenvalue weighted by Gasteiger charge is 2.29. The summed E-state index contributed by atoms with van der Waals surface area (Å²) in [5.74, 6) is -1.29. The molecule has 0 saturated carbocycles. The molecule has 0 aliphatic carbocycles. The molecule has 1 amide bonds. The van der Waals surface area contributed by atoms with Gasteiger partial charge in [-0.1, -0.05) is 6.92 Å². The van der Waals surface area contributed by atoms with Gasteiger partial charge in [-0.05, 0) is 67.2 Å². The Morgan fingerprint density at radius 3 is 2.71 bits per heavy atom. The van der Waals surface area contributed by atoms with Crippen molar-refractivity contribution in [1.82, 2.24) is 28.9 Å². The number of anilines is 2. The van der Waals surface area contributed by atoms with E-state index < -0.39 is 11.6 Å². The molecule has 9 nitrogen and oxygen atoms in total. The second-order valence-corrected chi connectivity index (χ2v) is 11.5. The number of imidazole rings is 1. The van der Waals surface area contributed by atoms with Gasteiger partial charge in [-0.25, -0.2) is 18.7 Å². The lowest BCUT2D eigenvalue weighted by Gasteiger charge is -2.35. The summed E-state index contributed by atoms with van der Waals surface area (Å²) < 4.78 is 38.1.